The first-order valence-corrected chi connectivity index (χ1v) is 11.2. The van der Waals surface area contributed by atoms with Crippen molar-refractivity contribution in [1.82, 2.24) is 15.1 Å². The minimum Gasteiger partial charge on any atom is -0.484 e. The van der Waals surface area contributed by atoms with Gasteiger partial charge in [0.2, 0.25) is 5.01 Å². The maximum absolute atomic E-state index is 13.0. The SMILES string of the molecule is Cc1cccc(OCC(=O)N2CCCC(c3nnc(C(=O)Nc4ccc(F)cc4)s3)C2)c1. The molecule has 2 aromatic carbocycles. The summed E-state index contributed by atoms with van der Waals surface area (Å²) < 4.78 is 18.7. The summed E-state index contributed by atoms with van der Waals surface area (Å²) in [5.41, 5.74) is 1.56. The molecule has 1 saturated heterocycles. The van der Waals surface area contributed by atoms with E-state index in [9.17, 15) is 14.0 Å². The molecule has 7 nitrogen and oxygen atoms in total. The van der Waals surface area contributed by atoms with Crippen molar-refractivity contribution in [3.05, 3.63) is 69.9 Å². The Balaban J connectivity index is 1.34. The Hall–Kier alpha value is -3.33. The van der Waals surface area contributed by atoms with Gasteiger partial charge in [-0.2, -0.15) is 0 Å². The van der Waals surface area contributed by atoms with Crippen molar-refractivity contribution in [3.8, 4) is 5.75 Å². The number of benzene rings is 2. The van der Waals surface area contributed by atoms with E-state index in [1.807, 2.05) is 31.2 Å². The highest BCUT2D eigenvalue weighted by atomic mass is 32.1. The second-order valence-electron chi connectivity index (χ2n) is 7.69. The minimum atomic E-state index is -0.393. The molecule has 1 aliphatic heterocycles. The number of amides is 2. The molecule has 2 amide bonds. The van der Waals surface area contributed by atoms with Crippen molar-refractivity contribution in [3.63, 3.8) is 0 Å². The van der Waals surface area contributed by atoms with E-state index in [2.05, 4.69) is 15.5 Å². The third kappa shape index (κ3) is 5.47. The summed E-state index contributed by atoms with van der Waals surface area (Å²) in [5, 5.41) is 11.9. The third-order valence-electron chi connectivity index (χ3n) is 5.21. The number of anilines is 1. The topological polar surface area (TPSA) is 84.4 Å². The zero-order chi connectivity index (χ0) is 22.5. The number of aryl methyl sites for hydroxylation is 1. The Kier molecular flexibility index (Phi) is 6.75. The average Bonchev–Trinajstić information content (AvgIpc) is 3.30. The van der Waals surface area contributed by atoms with Crippen LogP contribution in [0.15, 0.2) is 48.5 Å². The quantitative estimate of drug-likeness (QED) is 0.608. The van der Waals surface area contributed by atoms with Gasteiger partial charge in [0.25, 0.3) is 11.8 Å². The molecule has 0 saturated carbocycles. The number of carbonyl (C=O) groups excluding carboxylic acids is 2. The number of hydrogen-bond donors (Lipinski definition) is 1. The Bertz CT molecular complexity index is 1100. The number of rotatable bonds is 6. The first kappa shape index (κ1) is 21.9. The predicted molar refractivity (Wildman–Crippen MR) is 119 cm³/mol. The van der Waals surface area contributed by atoms with Crippen LogP contribution < -0.4 is 10.1 Å². The highest BCUT2D eigenvalue weighted by Gasteiger charge is 2.28. The van der Waals surface area contributed by atoms with Crippen LogP contribution in [0, 0.1) is 12.7 Å². The third-order valence-corrected chi connectivity index (χ3v) is 6.30. The van der Waals surface area contributed by atoms with Gasteiger partial charge in [-0.1, -0.05) is 23.5 Å². The summed E-state index contributed by atoms with van der Waals surface area (Å²) in [5.74, 6) is -0.142. The molecule has 0 bridgehead atoms. The van der Waals surface area contributed by atoms with Crippen molar-refractivity contribution in [2.75, 3.05) is 25.0 Å². The van der Waals surface area contributed by atoms with E-state index in [4.69, 9.17) is 4.74 Å². The first-order chi connectivity index (χ1) is 15.5. The zero-order valence-electron chi connectivity index (χ0n) is 17.6. The lowest BCUT2D eigenvalue weighted by atomic mass is 9.99. The molecule has 1 aromatic heterocycles. The summed E-state index contributed by atoms with van der Waals surface area (Å²) in [6.45, 7) is 3.14. The van der Waals surface area contributed by atoms with Gasteiger partial charge >= 0.3 is 0 Å². The van der Waals surface area contributed by atoms with E-state index in [1.54, 1.807) is 4.90 Å². The number of halogens is 1. The van der Waals surface area contributed by atoms with Gasteiger partial charge in [-0.3, -0.25) is 9.59 Å². The molecule has 1 unspecified atom stereocenters. The van der Waals surface area contributed by atoms with Crippen LogP contribution in [-0.4, -0.2) is 46.6 Å². The van der Waals surface area contributed by atoms with Gasteiger partial charge in [0.05, 0.1) is 0 Å². The highest BCUT2D eigenvalue weighted by molar-refractivity contribution is 7.13. The second-order valence-corrected chi connectivity index (χ2v) is 8.70. The Morgan fingerprint density at radius 3 is 2.81 bits per heavy atom. The summed E-state index contributed by atoms with van der Waals surface area (Å²) in [4.78, 5) is 26.9. The fraction of sp³-hybridized carbons (Fsp3) is 0.304. The number of nitrogens with one attached hydrogen (secondary N) is 1. The van der Waals surface area contributed by atoms with E-state index in [-0.39, 0.29) is 29.3 Å². The number of likely N-dealkylation sites (tertiary alicyclic amines) is 1. The molecule has 1 aliphatic rings. The molecule has 32 heavy (non-hydrogen) atoms. The number of ether oxygens (including phenoxy) is 1. The molecule has 0 radical (unpaired) electrons. The van der Waals surface area contributed by atoms with Gasteiger partial charge in [-0.15, -0.1) is 10.2 Å². The molecule has 1 N–H and O–H groups in total. The zero-order valence-corrected chi connectivity index (χ0v) is 18.4. The van der Waals surface area contributed by atoms with Gasteiger partial charge in [-0.25, -0.2) is 4.39 Å². The monoisotopic (exact) mass is 454 g/mol. The first-order valence-electron chi connectivity index (χ1n) is 10.4. The van der Waals surface area contributed by atoms with E-state index in [1.165, 1.54) is 35.6 Å². The smallest absolute Gasteiger partial charge is 0.286 e. The van der Waals surface area contributed by atoms with Gasteiger partial charge in [-0.05, 0) is 61.7 Å². The van der Waals surface area contributed by atoms with Gasteiger partial charge in [0.15, 0.2) is 6.61 Å². The summed E-state index contributed by atoms with van der Waals surface area (Å²) in [6, 6.07) is 13.1. The molecule has 1 fully saturated rings. The molecule has 0 aliphatic carbocycles. The Morgan fingerprint density at radius 1 is 1.22 bits per heavy atom. The van der Waals surface area contributed by atoms with Crippen LogP contribution in [0.25, 0.3) is 0 Å². The summed E-state index contributed by atoms with van der Waals surface area (Å²) >= 11 is 1.22. The lowest BCUT2D eigenvalue weighted by molar-refractivity contribution is -0.134. The number of aromatic nitrogens is 2. The van der Waals surface area contributed by atoms with Crippen LogP contribution in [0.1, 0.15) is 39.1 Å². The van der Waals surface area contributed by atoms with Gasteiger partial charge in [0, 0.05) is 24.7 Å². The van der Waals surface area contributed by atoms with Crippen molar-refractivity contribution in [2.24, 2.45) is 0 Å². The number of piperidine rings is 1. The van der Waals surface area contributed by atoms with Crippen LogP contribution in [0.2, 0.25) is 0 Å². The minimum absolute atomic E-state index is 0.0163. The molecule has 4 rings (SSSR count). The molecule has 0 spiro atoms. The molecule has 3 aromatic rings. The van der Waals surface area contributed by atoms with Gasteiger partial charge in [0.1, 0.15) is 16.6 Å². The number of hydrogen-bond acceptors (Lipinski definition) is 6. The highest BCUT2D eigenvalue weighted by Crippen LogP contribution is 2.29. The van der Waals surface area contributed by atoms with Crippen LogP contribution in [0.3, 0.4) is 0 Å². The maximum Gasteiger partial charge on any atom is 0.286 e. The standard InChI is InChI=1S/C23H23FN4O3S/c1-15-4-2-6-19(12-15)31-14-20(29)28-11-3-5-16(13-28)22-26-27-23(32-22)21(30)25-18-9-7-17(24)8-10-18/h2,4,6-10,12,16H,3,5,11,13-14H2,1H3,(H,25,30). The molecular formula is C23H23FN4O3S. The van der Waals surface area contributed by atoms with E-state index in [0.717, 1.165) is 23.4 Å². The molecule has 2 heterocycles. The normalized spacial score (nSPS) is 15.9. The van der Waals surface area contributed by atoms with E-state index < -0.39 is 5.91 Å². The molecular weight excluding hydrogens is 431 g/mol. The summed E-state index contributed by atoms with van der Waals surface area (Å²) in [6.07, 6.45) is 1.72. The molecule has 1 atom stereocenters. The van der Waals surface area contributed by atoms with E-state index >= 15 is 0 Å². The fourth-order valence-corrected chi connectivity index (χ4v) is 4.42. The fourth-order valence-electron chi connectivity index (χ4n) is 3.56. The van der Waals surface area contributed by atoms with Crippen molar-refractivity contribution >= 4 is 28.8 Å². The summed E-state index contributed by atoms with van der Waals surface area (Å²) in [7, 11) is 0. The number of nitrogens with zero attached hydrogens (tertiary/aromatic N) is 3. The van der Waals surface area contributed by atoms with Crippen LogP contribution in [0.4, 0.5) is 10.1 Å². The lowest BCUT2D eigenvalue weighted by Crippen LogP contribution is -2.41. The molecule has 9 heteroatoms. The maximum atomic E-state index is 13.0. The predicted octanol–water partition coefficient (Wildman–Crippen LogP) is 4.02. The van der Waals surface area contributed by atoms with Crippen LogP contribution in [0.5, 0.6) is 5.75 Å². The lowest BCUT2D eigenvalue weighted by Gasteiger charge is -2.31. The molecule has 166 valence electrons. The average molecular weight is 455 g/mol. The van der Waals surface area contributed by atoms with E-state index in [0.29, 0.717) is 24.5 Å². The van der Waals surface area contributed by atoms with Crippen molar-refractivity contribution < 1.29 is 18.7 Å². The largest absolute Gasteiger partial charge is 0.484 e. The van der Waals surface area contributed by atoms with Gasteiger partial charge < -0.3 is 15.0 Å². The Morgan fingerprint density at radius 2 is 2.03 bits per heavy atom. The second kappa shape index (κ2) is 9.86. The van der Waals surface area contributed by atoms with Crippen molar-refractivity contribution in [1.29, 1.82) is 0 Å². The van der Waals surface area contributed by atoms with Crippen LogP contribution >= 0.6 is 11.3 Å². The number of carbonyl (C=O) groups is 2. The van der Waals surface area contributed by atoms with Crippen molar-refractivity contribution in [2.45, 2.75) is 25.7 Å². The van der Waals surface area contributed by atoms with Crippen LogP contribution in [-0.2, 0) is 4.79 Å². The Labute approximate surface area is 189 Å².